The van der Waals surface area contributed by atoms with Crippen molar-refractivity contribution in [1.29, 1.82) is 0 Å². The Labute approximate surface area is 111 Å². The minimum atomic E-state index is -0.331. The van der Waals surface area contributed by atoms with E-state index >= 15 is 0 Å². The summed E-state index contributed by atoms with van der Waals surface area (Å²) < 4.78 is 5.14. The summed E-state index contributed by atoms with van der Waals surface area (Å²) in [6.45, 7) is 5.71. The summed E-state index contributed by atoms with van der Waals surface area (Å²) >= 11 is 0. The van der Waals surface area contributed by atoms with Crippen LogP contribution < -0.4 is 11.1 Å². The topological polar surface area (TPSA) is 81.2 Å². The first kappa shape index (κ1) is 13.3. The van der Waals surface area contributed by atoms with Crippen molar-refractivity contribution in [3.05, 3.63) is 47.2 Å². The van der Waals surface area contributed by atoms with E-state index in [1.807, 2.05) is 32.0 Å². The Morgan fingerprint density at radius 2 is 1.95 bits per heavy atom. The molecule has 5 heteroatoms. The summed E-state index contributed by atoms with van der Waals surface area (Å²) in [7, 11) is 0. The van der Waals surface area contributed by atoms with Crippen molar-refractivity contribution in [1.82, 2.24) is 4.98 Å². The molecule has 0 saturated carbocycles. The van der Waals surface area contributed by atoms with Crippen LogP contribution in [-0.4, -0.2) is 10.9 Å². The van der Waals surface area contributed by atoms with Gasteiger partial charge in [-0.15, -0.1) is 0 Å². The van der Waals surface area contributed by atoms with Crippen LogP contribution in [0.4, 0.5) is 5.69 Å². The number of hydrogen-bond acceptors (Lipinski definition) is 4. The van der Waals surface area contributed by atoms with Gasteiger partial charge in [-0.3, -0.25) is 4.79 Å². The van der Waals surface area contributed by atoms with Gasteiger partial charge in [-0.1, -0.05) is 6.07 Å². The van der Waals surface area contributed by atoms with Crippen LogP contribution >= 0.6 is 0 Å². The van der Waals surface area contributed by atoms with Gasteiger partial charge in [0.05, 0.1) is 6.04 Å². The van der Waals surface area contributed by atoms with Crippen LogP contribution in [-0.2, 0) is 0 Å². The molecular weight excluding hydrogens is 242 g/mol. The number of aryl methyl sites for hydroxylation is 2. The fraction of sp³-hybridized carbons (Fsp3) is 0.286. The minimum Gasteiger partial charge on any atom is -0.446 e. The third-order valence-corrected chi connectivity index (χ3v) is 2.62. The highest BCUT2D eigenvalue weighted by atomic mass is 16.3. The molecule has 1 aromatic carbocycles. The summed E-state index contributed by atoms with van der Waals surface area (Å²) in [5.41, 5.74) is 8.78. The van der Waals surface area contributed by atoms with Crippen molar-refractivity contribution in [3.63, 3.8) is 0 Å². The predicted molar refractivity (Wildman–Crippen MR) is 73.0 cm³/mol. The molecule has 0 radical (unpaired) electrons. The van der Waals surface area contributed by atoms with Gasteiger partial charge < -0.3 is 15.5 Å². The van der Waals surface area contributed by atoms with Gasteiger partial charge in [-0.05, 0) is 44.0 Å². The van der Waals surface area contributed by atoms with E-state index in [4.69, 9.17) is 10.2 Å². The van der Waals surface area contributed by atoms with Crippen LogP contribution in [0.5, 0.6) is 0 Å². The number of carbonyl (C=O) groups excluding carboxylic acids is 1. The van der Waals surface area contributed by atoms with E-state index in [1.54, 1.807) is 6.92 Å². The zero-order valence-corrected chi connectivity index (χ0v) is 11.2. The maximum absolute atomic E-state index is 12.0. The van der Waals surface area contributed by atoms with E-state index < -0.39 is 0 Å². The van der Waals surface area contributed by atoms with Crippen molar-refractivity contribution in [2.24, 2.45) is 5.73 Å². The highest BCUT2D eigenvalue weighted by Gasteiger charge is 2.14. The summed E-state index contributed by atoms with van der Waals surface area (Å²) in [6.07, 6.45) is 1.32. The molecule has 1 heterocycles. The molecule has 1 atom stereocenters. The first-order valence-electron chi connectivity index (χ1n) is 6.06. The third kappa shape index (κ3) is 3.20. The average molecular weight is 259 g/mol. The monoisotopic (exact) mass is 259 g/mol. The fourth-order valence-electron chi connectivity index (χ4n) is 1.84. The lowest BCUT2D eigenvalue weighted by molar-refractivity contribution is 0.102. The van der Waals surface area contributed by atoms with Crippen LogP contribution in [0, 0.1) is 13.8 Å². The molecule has 5 nitrogen and oxygen atoms in total. The molecule has 0 aliphatic heterocycles. The Morgan fingerprint density at radius 3 is 2.47 bits per heavy atom. The van der Waals surface area contributed by atoms with Gasteiger partial charge in [0.25, 0.3) is 5.91 Å². The van der Waals surface area contributed by atoms with Gasteiger partial charge in [-0.2, -0.15) is 0 Å². The summed E-state index contributed by atoms with van der Waals surface area (Å²) in [4.78, 5) is 16.0. The molecule has 2 rings (SSSR count). The predicted octanol–water partition coefficient (Wildman–Crippen LogP) is 2.56. The van der Waals surface area contributed by atoms with Crippen LogP contribution in [0.2, 0.25) is 0 Å². The Kier molecular flexibility index (Phi) is 3.66. The number of carbonyl (C=O) groups is 1. The Hall–Kier alpha value is -2.14. The first-order valence-corrected chi connectivity index (χ1v) is 6.06. The molecule has 0 bridgehead atoms. The highest BCUT2D eigenvalue weighted by molar-refractivity contribution is 6.02. The molecule has 0 spiro atoms. The lowest BCUT2D eigenvalue weighted by atomic mass is 10.1. The van der Waals surface area contributed by atoms with E-state index in [0.29, 0.717) is 5.89 Å². The number of hydrogen-bond donors (Lipinski definition) is 2. The molecule has 0 aliphatic carbocycles. The lowest BCUT2D eigenvalue weighted by Crippen LogP contribution is -2.13. The standard InChI is InChI=1S/C14H17N3O2/c1-8-4-9(2)6-11(5-8)16-13(18)12-7-19-14(17-12)10(3)15/h4-7,10H,15H2,1-3H3,(H,16,18). The van der Waals surface area contributed by atoms with E-state index in [1.165, 1.54) is 6.26 Å². The van der Waals surface area contributed by atoms with E-state index in [9.17, 15) is 4.79 Å². The smallest absolute Gasteiger partial charge is 0.277 e. The second kappa shape index (κ2) is 5.24. The normalized spacial score (nSPS) is 12.2. The summed E-state index contributed by atoms with van der Waals surface area (Å²) in [6, 6.07) is 5.51. The number of anilines is 1. The highest BCUT2D eigenvalue weighted by Crippen LogP contribution is 2.15. The van der Waals surface area contributed by atoms with Crippen molar-refractivity contribution in [2.75, 3.05) is 5.32 Å². The van der Waals surface area contributed by atoms with Gasteiger partial charge in [0, 0.05) is 5.69 Å². The van der Waals surface area contributed by atoms with E-state index in [2.05, 4.69) is 10.3 Å². The Morgan fingerprint density at radius 1 is 1.32 bits per heavy atom. The van der Waals surface area contributed by atoms with Crippen molar-refractivity contribution in [2.45, 2.75) is 26.8 Å². The van der Waals surface area contributed by atoms with Gasteiger partial charge >= 0.3 is 0 Å². The van der Waals surface area contributed by atoms with Gasteiger partial charge in [-0.25, -0.2) is 4.98 Å². The number of nitrogens with two attached hydrogens (primary N) is 1. The molecule has 1 amide bonds. The number of amides is 1. The van der Waals surface area contributed by atoms with Crippen LogP contribution in [0.25, 0.3) is 0 Å². The lowest BCUT2D eigenvalue weighted by Gasteiger charge is -2.05. The maximum atomic E-state index is 12.0. The SMILES string of the molecule is Cc1cc(C)cc(NC(=O)c2coc(C(C)N)n2)c1. The van der Waals surface area contributed by atoms with Gasteiger partial charge in [0.1, 0.15) is 6.26 Å². The molecule has 2 aromatic rings. The van der Waals surface area contributed by atoms with Crippen LogP contribution in [0.15, 0.2) is 28.9 Å². The van der Waals surface area contributed by atoms with E-state index in [0.717, 1.165) is 16.8 Å². The first-order chi connectivity index (χ1) is 8.95. The zero-order valence-electron chi connectivity index (χ0n) is 11.2. The second-order valence-electron chi connectivity index (χ2n) is 4.69. The average Bonchev–Trinajstić information content (AvgIpc) is 2.76. The molecule has 3 N–H and O–H groups in total. The summed E-state index contributed by atoms with van der Waals surface area (Å²) in [5, 5.41) is 2.79. The maximum Gasteiger partial charge on any atom is 0.277 e. The van der Waals surface area contributed by atoms with Gasteiger partial charge in [0.15, 0.2) is 5.69 Å². The molecule has 0 aliphatic rings. The zero-order chi connectivity index (χ0) is 14.0. The van der Waals surface area contributed by atoms with Crippen LogP contribution in [0.3, 0.4) is 0 Å². The largest absolute Gasteiger partial charge is 0.446 e. The number of nitrogens with one attached hydrogen (secondary N) is 1. The number of aromatic nitrogens is 1. The fourth-order valence-corrected chi connectivity index (χ4v) is 1.84. The van der Waals surface area contributed by atoms with E-state index in [-0.39, 0.29) is 17.6 Å². The summed E-state index contributed by atoms with van der Waals surface area (Å²) in [5.74, 6) is 0.0474. The van der Waals surface area contributed by atoms with Crippen molar-refractivity contribution in [3.8, 4) is 0 Å². The number of rotatable bonds is 3. The van der Waals surface area contributed by atoms with Gasteiger partial charge in [0.2, 0.25) is 5.89 Å². The van der Waals surface area contributed by atoms with Crippen molar-refractivity contribution < 1.29 is 9.21 Å². The Balaban J connectivity index is 2.15. The quantitative estimate of drug-likeness (QED) is 0.887. The molecule has 19 heavy (non-hydrogen) atoms. The number of benzene rings is 1. The second-order valence-corrected chi connectivity index (χ2v) is 4.69. The number of oxazole rings is 1. The number of nitrogens with zero attached hydrogens (tertiary/aromatic N) is 1. The molecule has 1 unspecified atom stereocenters. The molecule has 1 aromatic heterocycles. The minimum absolute atomic E-state index is 0.228. The molecule has 100 valence electrons. The van der Waals surface area contributed by atoms with Crippen molar-refractivity contribution >= 4 is 11.6 Å². The molecule has 0 saturated heterocycles. The molecule has 0 fully saturated rings. The molecular formula is C14H17N3O2. The van der Waals surface area contributed by atoms with Crippen LogP contribution in [0.1, 0.15) is 40.5 Å². The Bertz CT molecular complexity index is 582. The third-order valence-electron chi connectivity index (χ3n) is 2.62.